The average Bonchev–Trinajstić information content (AvgIpc) is 2.41. The second-order valence-electron chi connectivity index (χ2n) is 4.55. The second-order valence-corrected chi connectivity index (χ2v) is 4.55. The first-order valence-electron chi connectivity index (χ1n) is 6.01. The lowest BCUT2D eigenvalue weighted by atomic mass is 9.96. The van der Waals surface area contributed by atoms with Gasteiger partial charge in [-0.25, -0.2) is 0 Å². The molecule has 2 aromatic carbocycles. The van der Waals surface area contributed by atoms with Gasteiger partial charge in [-0.05, 0) is 36.6 Å². The smallest absolute Gasteiger partial charge is 0.184 e. The molecule has 0 saturated carbocycles. The van der Waals surface area contributed by atoms with Crippen LogP contribution in [0.3, 0.4) is 0 Å². The molecule has 0 aliphatic heterocycles. The number of rotatable bonds is 3. The standard InChI is InChI=1S/C16H17NO/c1-11-8-9-14(10-12(11)2)16(18)15(17)13-6-4-3-5-7-13/h3-10,15H,17H2,1-2H3/t15-/m1/s1. The van der Waals surface area contributed by atoms with Crippen molar-refractivity contribution >= 4 is 5.78 Å². The predicted molar refractivity (Wildman–Crippen MR) is 73.6 cm³/mol. The summed E-state index contributed by atoms with van der Waals surface area (Å²) >= 11 is 0. The van der Waals surface area contributed by atoms with Crippen molar-refractivity contribution in [2.45, 2.75) is 19.9 Å². The summed E-state index contributed by atoms with van der Waals surface area (Å²) < 4.78 is 0. The minimum atomic E-state index is -0.590. The molecule has 1 atom stereocenters. The first-order chi connectivity index (χ1) is 8.59. The van der Waals surface area contributed by atoms with E-state index in [2.05, 4.69) is 0 Å². The van der Waals surface area contributed by atoms with Crippen LogP contribution in [0.15, 0.2) is 48.5 Å². The Kier molecular flexibility index (Phi) is 3.58. The summed E-state index contributed by atoms with van der Waals surface area (Å²) in [6.07, 6.45) is 0. The van der Waals surface area contributed by atoms with E-state index in [9.17, 15) is 4.79 Å². The number of ketones is 1. The Morgan fingerprint density at radius 3 is 2.28 bits per heavy atom. The van der Waals surface area contributed by atoms with Crippen molar-refractivity contribution in [1.29, 1.82) is 0 Å². The molecule has 0 radical (unpaired) electrons. The molecule has 0 bridgehead atoms. The van der Waals surface area contributed by atoms with Gasteiger partial charge >= 0.3 is 0 Å². The number of hydrogen-bond donors (Lipinski definition) is 1. The summed E-state index contributed by atoms with van der Waals surface area (Å²) in [6, 6.07) is 14.6. The fourth-order valence-corrected chi connectivity index (χ4v) is 1.89. The highest BCUT2D eigenvalue weighted by atomic mass is 16.1. The van der Waals surface area contributed by atoms with Crippen LogP contribution >= 0.6 is 0 Å². The number of carbonyl (C=O) groups is 1. The van der Waals surface area contributed by atoms with Gasteiger partial charge in [0.1, 0.15) is 0 Å². The lowest BCUT2D eigenvalue weighted by molar-refractivity contribution is 0.0961. The van der Waals surface area contributed by atoms with Gasteiger partial charge in [-0.1, -0.05) is 42.5 Å². The molecule has 92 valence electrons. The van der Waals surface area contributed by atoms with E-state index in [-0.39, 0.29) is 5.78 Å². The molecule has 18 heavy (non-hydrogen) atoms. The van der Waals surface area contributed by atoms with Gasteiger partial charge in [0.05, 0.1) is 6.04 Å². The van der Waals surface area contributed by atoms with Gasteiger partial charge in [-0.3, -0.25) is 4.79 Å². The summed E-state index contributed by atoms with van der Waals surface area (Å²) in [5, 5.41) is 0. The fourth-order valence-electron chi connectivity index (χ4n) is 1.89. The van der Waals surface area contributed by atoms with Crippen LogP contribution in [-0.2, 0) is 0 Å². The molecule has 2 heteroatoms. The Morgan fingerprint density at radius 1 is 1.00 bits per heavy atom. The molecule has 0 unspecified atom stereocenters. The lowest BCUT2D eigenvalue weighted by Gasteiger charge is -2.12. The summed E-state index contributed by atoms with van der Waals surface area (Å²) in [5.41, 5.74) is 9.82. The number of carbonyl (C=O) groups excluding carboxylic acids is 1. The summed E-state index contributed by atoms with van der Waals surface area (Å²) in [7, 11) is 0. The molecule has 0 saturated heterocycles. The van der Waals surface area contributed by atoms with Gasteiger partial charge in [-0.2, -0.15) is 0 Å². The normalized spacial score (nSPS) is 12.2. The third-order valence-electron chi connectivity index (χ3n) is 3.23. The first kappa shape index (κ1) is 12.5. The minimum absolute atomic E-state index is 0.0377. The molecular weight excluding hydrogens is 222 g/mol. The maximum Gasteiger partial charge on any atom is 0.184 e. The number of benzene rings is 2. The SMILES string of the molecule is Cc1ccc(C(=O)[C@H](N)c2ccccc2)cc1C. The van der Waals surface area contributed by atoms with Crippen LogP contribution in [-0.4, -0.2) is 5.78 Å². The van der Waals surface area contributed by atoms with Gasteiger partial charge in [0, 0.05) is 5.56 Å². The van der Waals surface area contributed by atoms with Gasteiger partial charge in [0.2, 0.25) is 0 Å². The molecule has 0 fully saturated rings. The van der Waals surface area contributed by atoms with E-state index in [1.807, 2.05) is 62.4 Å². The fraction of sp³-hybridized carbons (Fsp3) is 0.188. The van der Waals surface area contributed by atoms with E-state index in [4.69, 9.17) is 5.73 Å². The topological polar surface area (TPSA) is 43.1 Å². The van der Waals surface area contributed by atoms with Gasteiger partial charge in [0.15, 0.2) is 5.78 Å². The van der Waals surface area contributed by atoms with E-state index >= 15 is 0 Å². The molecule has 0 aliphatic rings. The van der Waals surface area contributed by atoms with Crippen LogP contribution in [0, 0.1) is 13.8 Å². The van der Waals surface area contributed by atoms with E-state index in [1.165, 1.54) is 5.56 Å². The molecule has 2 N–H and O–H groups in total. The molecule has 0 aromatic heterocycles. The maximum absolute atomic E-state index is 12.3. The molecular formula is C16H17NO. The Labute approximate surface area is 107 Å². The molecule has 2 aromatic rings. The molecule has 2 nitrogen and oxygen atoms in total. The van der Waals surface area contributed by atoms with Crippen LogP contribution < -0.4 is 5.73 Å². The summed E-state index contributed by atoms with van der Waals surface area (Å²) in [5.74, 6) is -0.0377. The molecule has 2 rings (SSSR count). The van der Waals surface area contributed by atoms with Crippen molar-refractivity contribution in [1.82, 2.24) is 0 Å². The highest BCUT2D eigenvalue weighted by molar-refractivity contribution is 6.00. The third kappa shape index (κ3) is 2.49. The van der Waals surface area contributed by atoms with E-state index in [0.29, 0.717) is 5.56 Å². The van der Waals surface area contributed by atoms with Gasteiger partial charge in [0.25, 0.3) is 0 Å². The Balaban J connectivity index is 2.29. The number of Topliss-reactive ketones (excluding diaryl/α,β-unsaturated/α-hetero) is 1. The van der Waals surface area contributed by atoms with E-state index in [0.717, 1.165) is 11.1 Å². The molecule has 0 heterocycles. The van der Waals surface area contributed by atoms with Crippen molar-refractivity contribution < 1.29 is 4.79 Å². The molecule has 0 aliphatic carbocycles. The maximum atomic E-state index is 12.3. The van der Waals surface area contributed by atoms with Crippen LogP contribution in [0.5, 0.6) is 0 Å². The number of hydrogen-bond acceptors (Lipinski definition) is 2. The average molecular weight is 239 g/mol. The van der Waals surface area contributed by atoms with Crippen molar-refractivity contribution in [3.8, 4) is 0 Å². The Hall–Kier alpha value is -1.93. The van der Waals surface area contributed by atoms with Crippen LogP contribution in [0.2, 0.25) is 0 Å². The Morgan fingerprint density at radius 2 is 1.67 bits per heavy atom. The largest absolute Gasteiger partial charge is 0.318 e. The zero-order valence-corrected chi connectivity index (χ0v) is 10.7. The summed E-state index contributed by atoms with van der Waals surface area (Å²) in [4.78, 5) is 12.3. The molecule has 0 amide bonds. The third-order valence-corrected chi connectivity index (χ3v) is 3.23. The first-order valence-corrected chi connectivity index (χ1v) is 6.01. The Bertz CT molecular complexity index is 561. The van der Waals surface area contributed by atoms with Crippen molar-refractivity contribution in [2.75, 3.05) is 0 Å². The number of nitrogens with two attached hydrogens (primary N) is 1. The second kappa shape index (κ2) is 5.15. The van der Waals surface area contributed by atoms with Crippen molar-refractivity contribution in [3.63, 3.8) is 0 Å². The van der Waals surface area contributed by atoms with Crippen molar-refractivity contribution in [2.24, 2.45) is 5.73 Å². The predicted octanol–water partition coefficient (Wildman–Crippen LogP) is 3.19. The van der Waals surface area contributed by atoms with Crippen LogP contribution in [0.1, 0.15) is 33.1 Å². The molecule has 0 spiro atoms. The van der Waals surface area contributed by atoms with Crippen molar-refractivity contribution in [3.05, 3.63) is 70.8 Å². The summed E-state index contributed by atoms with van der Waals surface area (Å²) in [6.45, 7) is 4.03. The monoisotopic (exact) mass is 239 g/mol. The van der Waals surface area contributed by atoms with E-state index < -0.39 is 6.04 Å². The lowest BCUT2D eigenvalue weighted by Crippen LogP contribution is -2.21. The van der Waals surface area contributed by atoms with Gasteiger partial charge < -0.3 is 5.73 Å². The van der Waals surface area contributed by atoms with Crippen LogP contribution in [0.25, 0.3) is 0 Å². The zero-order valence-electron chi connectivity index (χ0n) is 10.7. The van der Waals surface area contributed by atoms with E-state index in [1.54, 1.807) is 0 Å². The van der Waals surface area contributed by atoms with Crippen LogP contribution in [0.4, 0.5) is 0 Å². The van der Waals surface area contributed by atoms with Gasteiger partial charge in [-0.15, -0.1) is 0 Å². The zero-order chi connectivity index (χ0) is 13.1. The highest BCUT2D eigenvalue weighted by Crippen LogP contribution is 2.18. The highest BCUT2D eigenvalue weighted by Gasteiger charge is 2.17. The minimum Gasteiger partial charge on any atom is -0.318 e. The quantitative estimate of drug-likeness (QED) is 0.836. The number of aryl methyl sites for hydroxylation is 2.